The normalized spacial score (nSPS) is 11.4. The number of carbonyl (C=O) groups is 1. The lowest BCUT2D eigenvalue weighted by Crippen LogP contribution is -2.33. The Morgan fingerprint density at radius 1 is 1.47 bits per heavy atom. The topological polar surface area (TPSA) is 29.1 Å². The Balaban J connectivity index is 2.74. The Morgan fingerprint density at radius 2 is 2.12 bits per heavy atom. The zero-order valence-electron chi connectivity index (χ0n) is 10.3. The van der Waals surface area contributed by atoms with E-state index in [1.807, 2.05) is 18.2 Å². The Hall–Kier alpha value is -0.100. The largest absolute Gasteiger partial charge is 0.351 e. The molecule has 0 bridgehead atoms. The second-order valence-corrected chi connectivity index (χ2v) is 6.92. The molecule has 1 aromatic carbocycles. The molecule has 0 saturated carbocycles. The molecule has 4 heteroatoms. The summed E-state index contributed by atoms with van der Waals surface area (Å²) in [7, 11) is 0. The van der Waals surface area contributed by atoms with Crippen molar-refractivity contribution in [2.45, 2.75) is 27.2 Å². The van der Waals surface area contributed by atoms with Crippen molar-refractivity contribution in [1.82, 2.24) is 5.32 Å². The molecule has 1 N–H and O–H groups in total. The number of halogens is 2. The van der Waals surface area contributed by atoms with Crippen LogP contribution in [-0.2, 0) is 0 Å². The molecule has 0 atom stereocenters. The number of hydrogen-bond acceptors (Lipinski definition) is 1. The molecule has 0 aliphatic heterocycles. The van der Waals surface area contributed by atoms with E-state index in [0.717, 1.165) is 14.5 Å². The van der Waals surface area contributed by atoms with Gasteiger partial charge in [0.2, 0.25) is 0 Å². The number of rotatable bonds is 4. The number of hydrogen-bond donors (Lipinski definition) is 1. The van der Waals surface area contributed by atoms with Gasteiger partial charge in [0.15, 0.2) is 0 Å². The van der Waals surface area contributed by atoms with Crippen LogP contribution >= 0.6 is 38.5 Å². The fraction of sp³-hybridized carbons (Fsp3) is 0.462. The Morgan fingerprint density at radius 3 is 2.71 bits per heavy atom. The smallest absolute Gasteiger partial charge is 0.252 e. The molecule has 0 heterocycles. The van der Waals surface area contributed by atoms with E-state index in [1.54, 1.807) is 0 Å². The van der Waals surface area contributed by atoms with Crippen molar-refractivity contribution >= 4 is 44.4 Å². The SMILES string of the molecule is CCC(C)(C)CNC(=O)c1cc(I)ccc1Br. The maximum absolute atomic E-state index is 12.0. The third-order valence-electron chi connectivity index (χ3n) is 2.86. The zero-order chi connectivity index (χ0) is 13.1. The van der Waals surface area contributed by atoms with Gasteiger partial charge in [-0.05, 0) is 68.6 Å². The zero-order valence-corrected chi connectivity index (χ0v) is 14.1. The van der Waals surface area contributed by atoms with Crippen LogP contribution in [0, 0.1) is 8.99 Å². The van der Waals surface area contributed by atoms with Crippen molar-refractivity contribution in [3.63, 3.8) is 0 Å². The minimum Gasteiger partial charge on any atom is -0.351 e. The van der Waals surface area contributed by atoms with Crippen LogP contribution in [0.25, 0.3) is 0 Å². The van der Waals surface area contributed by atoms with Gasteiger partial charge in [-0.1, -0.05) is 20.8 Å². The van der Waals surface area contributed by atoms with E-state index in [-0.39, 0.29) is 11.3 Å². The third kappa shape index (κ3) is 4.58. The van der Waals surface area contributed by atoms with Gasteiger partial charge in [0.05, 0.1) is 5.56 Å². The quantitative estimate of drug-likeness (QED) is 0.741. The van der Waals surface area contributed by atoms with Crippen LogP contribution in [0.5, 0.6) is 0 Å². The Bertz CT molecular complexity index is 418. The molecule has 17 heavy (non-hydrogen) atoms. The van der Waals surface area contributed by atoms with Crippen molar-refractivity contribution in [2.24, 2.45) is 5.41 Å². The van der Waals surface area contributed by atoms with Crippen LogP contribution in [0.3, 0.4) is 0 Å². The summed E-state index contributed by atoms with van der Waals surface area (Å²) in [6, 6.07) is 5.76. The Labute approximate surface area is 125 Å². The molecule has 2 nitrogen and oxygen atoms in total. The predicted molar refractivity (Wildman–Crippen MR) is 83.3 cm³/mol. The van der Waals surface area contributed by atoms with Crippen LogP contribution in [0.4, 0.5) is 0 Å². The highest BCUT2D eigenvalue weighted by Crippen LogP contribution is 2.21. The molecule has 0 radical (unpaired) electrons. The van der Waals surface area contributed by atoms with Gasteiger partial charge in [0, 0.05) is 14.6 Å². The van der Waals surface area contributed by atoms with Gasteiger partial charge in [-0.25, -0.2) is 0 Å². The van der Waals surface area contributed by atoms with Gasteiger partial charge >= 0.3 is 0 Å². The summed E-state index contributed by atoms with van der Waals surface area (Å²) in [4.78, 5) is 12.0. The van der Waals surface area contributed by atoms with E-state index in [1.165, 1.54) is 0 Å². The highest BCUT2D eigenvalue weighted by molar-refractivity contribution is 14.1. The lowest BCUT2D eigenvalue weighted by atomic mass is 9.90. The summed E-state index contributed by atoms with van der Waals surface area (Å²) in [6.45, 7) is 7.13. The minimum atomic E-state index is -0.0167. The van der Waals surface area contributed by atoms with Crippen LogP contribution in [0.15, 0.2) is 22.7 Å². The van der Waals surface area contributed by atoms with Crippen molar-refractivity contribution in [2.75, 3.05) is 6.54 Å². The van der Waals surface area contributed by atoms with E-state index in [0.29, 0.717) is 12.1 Å². The third-order valence-corrected chi connectivity index (χ3v) is 4.22. The summed E-state index contributed by atoms with van der Waals surface area (Å²) in [5, 5.41) is 2.99. The van der Waals surface area contributed by atoms with E-state index < -0.39 is 0 Å². The number of benzene rings is 1. The van der Waals surface area contributed by atoms with Crippen molar-refractivity contribution in [3.8, 4) is 0 Å². The predicted octanol–water partition coefficient (Wildman–Crippen LogP) is 4.22. The second-order valence-electron chi connectivity index (χ2n) is 4.82. The first kappa shape index (κ1) is 15.0. The highest BCUT2D eigenvalue weighted by atomic mass is 127. The molecule has 1 rings (SSSR count). The van der Waals surface area contributed by atoms with E-state index in [9.17, 15) is 4.79 Å². The summed E-state index contributed by atoms with van der Waals surface area (Å²) >= 11 is 5.61. The lowest BCUT2D eigenvalue weighted by molar-refractivity contribution is 0.0935. The molecule has 0 fully saturated rings. The standard InChI is InChI=1S/C13H17BrINO/c1-4-13(2,3)8-16-12(17)10-7-9(15)5-6-11(10)14/h5-7H,4,8H2,1-3H3,(H,16,17). The van der Waals surface area contributed by atoms with Crippen LogP contribution in [-0.4, -0.2) is 12.5 Å². The van der Waals surface area contributed by atoms with Gasteiger partial charge in [-0.3, -0.25) is 4.79 Å². The summed E-state index contributed by atoms with van der Waals surface area (Å²) < 4.78 is 1.90. The molecule has 0 aliphatic rings. The molecular formula is C13H17BrINO. The van der Waals surface area contributed by atoms with E-state index >= 15 is 0 Å². The average molecular weight is 410 g/mol. The summed E-state index contributed by atoms with van der Waals surface area (Å²) in [6.07, 6.45) is 1.04. The van der Waals surface area contributed by atoms with Gasteiger partial charge in [0.1, 0.15) is 0 Å². The first-order chi connectivity index (χ1) is 7.85. The second kappa shape index (κ2) is 6.18. The average Bonchev–Trinajstić information content (AvgIpc) is 2.29. The first-order valence-corrected chi connectivity index (χ1v) is 7.46. The highest BCUT2D eigenvalue weighted by Gasteiger charge is 2.17. The fourth-order valence-corrected chi connectivity index (χ4v) is 2.13. The monoisotopic (exact) mass is 409 g/mol. The molecular weight excluding hydrogens is 393 g/mol. The number of amides is 1. The maximum atomic E-state index is 12.0. The molecule has 0 aliphatic carbocycles. The van der Waals surface area contributed by atoms with E-state index in [4.69, 9.17) is 0 Å². The van der Waals surface area contributed by atoms with Gasteiger partial charge in [-0.15, -0.1) is 0 Å². The molecule has 0 aromatic heterocycles. The van der Waals surface area contributed by atoms with Crippen molar-refractivity contribution in [1.29, 1.82) is 0 Å². The Kier molecular flexibility index (Phi) is 5.44. The van der Waals surface area contributed by atoms with Gasteiger partial charge in [0.25, 0.3) is 5.91 Å². The van der Waals surface area contributed by atoms with E-state index in [2.05, 4.69) is 64.6 Å². The minimum absolute atomic E-state index is 0.0167. The fourth-order valence-electron chi connectivity index (χ4n) is 1.21. The van der Waals surface area contributed by atoms with Crippen LogP contribution in [0.2, 0.25) is 0 Å². The first-order valence-electron chi connectivity index (χ1n) is 5.59. The molecule has 1 aromatic rings. The molecule has 0 saturated heterocycles. The molecule has 0 unspecified atom stereocenters. The van der Waals surface area contributed by atoms with Crippen LogP contribution in [0.1, 0.15) is 37.6 Å². The molecule has 94 valence electrons. The van der Waals surface area contributed by atoms with Crippen molar-refractivity contribution < 1.29 is 4.79 Å². The summed E-state index contributed by atoms with van der Waals surface area (Å²) in [5.41, 5.74) is 0.841. The number of carbonyl (C=O) groups excluding carboxylic acids is 1. The molecule has 0 spiro atoms. The van der Waals surface area contributed by atoms with Gasteiger partial charge in [-0.2, -0.15) is 0 Å². The molecule has 1 amide bonds. The number of nitrogens with one attached hydrogen (secondary N) is 1. The van der Waals surface area contributed by atoms with Crippen LogP contribution < -0.4 is 5.32 Å². The summed E-state index contributed by atoms with van der Waals surface area (Å²) in [5.74, 6) is -0.0167. The maximum Gasteiger partial charge on any atom is 0.252 e. The lowest BCUT2D eigenvalue weighted by Gasteiger charge is -2.23. The van der Waals surface area contributed by atoms with Gasteiger partial charge < -0.3 is 5.32 Å². The van der Waals surface area contributed by atoms with Crippen molar-refractivity contribution in [3.05, 3.63) is 31.8 Å².